The van der Waals surface area contributed by atoms with Gasteiger partial charge in [-0.05, 0) is 25.0 Å². The molecular weight excluding hydrogens is 244 g/mol. The fourth-order valence-corrected chi connectivity index (χ4v) is 2.53. The van der Waals surface area contributed by atoms with E-state index < -0.39 is 5.60 Å². The molecule has 0 bridgehead atoms. The van der Waals surface area contributed by atoms with Crippen molar-refractivity contribution in [2.45, 2.75) is 31.3 Å². The Balaban J connectivity index is 2.01. The van der Waals surface area contributed by atoms with E-state index in [0.717, 1.165) is 25.7 Å². The molecule has 1 heterocycles. The first-order valence-corrected chi connectivity index (χ1v) is 6.45. The molecule has 1 fully saturated rings. The Hall–Kier alpha value is -1.66. The molecule has 1 aliphatic carbocycles. The summed E-state index contributed by atoms with van der Waals surface area (Å²) in [7, 11) is 1.70. The molecule has 2 rings (SSSR count). The highest BCUT2D eigenvalue weighted by Crippen LogP contribution is 2.30. The third kappa shape index (κ3) is 3.21. The van der Waals surface area contributed by atoms with Gasteiger partial charge in [-0.1, -0.05) is 12.8 Å². The Kier molecular flexibility index (Phi) is 4.01. The molecule has 0 atom stereocenters. The summed E-state index contributed by atoms with van der Waals surface area (Å²) >= 11 is 0. The van der Waals surface area contributed by atoms with Crippen LogP contribution < -0.4 is 11.3 Å². The minimum Gasteiger partial charge on any atom is -0.388 e. The maximum atomic E-state index is 12.2. The highest BCUT2D eigenvalue weighted by molar-refractivity contribution is 5.94. The van der Waals surface area contributed by atoms with Crippen LogP contribution in [0.4, 0.5) is 5.82 Å². The van der Waals surface area contributed by atoms with Crippen molar-refractivity contribution in [3.63, 3.8) is 0 Å². The normalized spacial score (nSPS) is 17.2. The minimum atomic E-state index is -0.726. The zero-order chi connectivity index (χ0) is 13.9. The lowest BCUT2D eigenvalue weighted by atomic mass is 10.0. The predicted octanol–water partition coefficient (Wildman–Crippen LogP) is 0.744. The molecule has 0 radical (unpaired) electrons. The first kappa shape index (κ1) is 13.8. The molecule has 1 amide bonds. The van der Waals surface area contributed by atoms with Gasteiger partial charge in [-0.15, -0.1) is 0 Å². The summed E-state index contributed by atoms with van der Waals surface area (Å²) in [6, 6.07) is 3.31. The first-order valence-electron chi connectivity index (χ1n) is 6.45. The number of pyridine rings is 1. The number of rotatable bonds is 4. The molecule has 1 saturated carbocycles. The van der Waals surface area contributed by atoms with Crippen molar-refractivity contribution in [2.75, 3.05) is 19.0 Å². The molecule has 0 spiro atoms. The van der Waals surface area contributed by atoms with Crippen molar-refractivity contribution in [3.05, 3.63) is 23.9 Å². The molecule has 104 valence electrons. The second-order valence-electron chi connectivity index (χ2n) is 5.17. The molecule has 1 aliphatic rings. The largest absolute Gasteiger partial charge is 0.388 e. The summed E-state index contributed by atoms with van der Waals surface area (Å²) in [5, 5.41) is 10.3. The number of hydrogen-bond acceptors (Lipinski definition) is 5. The molecule has 19 heavy (non-hydrogen) atoms. The van der Waals surface area contributed by atoms with E-state index >= 15 is 0 Å². The van der Waals surface area contributed by atoms with Crippen LogP contribution in [-0.4, -0.2) is 40.1 Å². The van der Waals surface area contributed by atoms with Crippen molar-refractivity contribution in [1.82, 2.24) is 9.88 Å². The number of hydrazine groups is 1. The molecule has 0 saturated heterocycles. The fourth-order valence-electron chi connectivity index (χ4n) is 2.53. The van der Waals surface area contributed by atoms with Gasteiger partial charge in [0.15, 0.2) is 0 Å². The van der Waals surface area contributed by atoms with Gasteiger partial charge in [-0.3, -0.25) is 4.79 Å². The number of nitrogens with zero attached hydrogens (tertiary/aromatic N) is 2. The van der Waals surface area contributed by atoms with Crippen molar-refractivity contribution >= 4 is 11.7 Å². The molecule has 1 aromatic rings. The van der Waals surface area contributed by atoms with Crippen LogP contribution in [0.1, 0.15) is 36.0 Å². The topological polar surface area (TPSA) is 91.5 Å². The summed E-state index contributed by atoms with van der Waals surface area (Å²) in [5.41, 5.74) is 2.17. The third-order valence-corrected chi connectivity index (χ3v) is 3.57. The van der Waals surface area contributed by atoms with Gasteiger partial charge in [0.05, 0.1) is 11.2 Å². The lowest BCUT2D eigenvalue weighted by Crippen LogP contribution is -2.42. The van der Waals surface area contributed by atoms with Gasteiger partial charge < -0.3 is 15.4 Å². The van der Waals surface area contributed by atoms with E-state index in [1.807, 2.05) is 0 Å². The van der Waals surface area contributed by atoms with Crippen LogP contribution >= 0.6 is 0 Å². The van der Waals surface area contributed by atoms with E-state index in [1.165, 1.54) is 6.20 Å². The SMILES string of the molecule is CN(CC1(O)CCCC1)C(=O)c1ccc(NN)nc1. The fraction of sp³-hybridized carbons (Fsp3) is 0.538. The van der Waals surface area contributed by atoms with E-state index in [0.29, 0.717) is 17.9 Å². The Bertz CT molecular complexity index is 440. The lowest BCUT2D eigenvalue weighted by molar-refractivity contribution is 0.0156. The van der Waals surface area contributed by atoms with E-state index in [9.17, 15) is 9.90 Å². The van der Waals surface area contributed by atoms with Crippen LogP contribution in [0.5, 0.6) is 0 Å². The predicted molar refractivity (Wildman–Crippen MR) is 72.4 cm³/mol. The number of amides is 1. The Morgan fingerprint density at radius 2 is 2.21 bits per heavy atom. The van der Waals surface area contributed by atoms with Crippen molar-refractivity contribution in [1.29, 1.82) is 0 Å². The number of carbonyl (C=O) groups is 1. The maximum Gasteiger partial charge on any atom is 0.255 e. The van der Waals surface area contributed by atoms with Crippen LogP contribution in [0.25, 0.3) is 0 Å². The number of nitrogens with one attached hydrogen (secondary N) is 1. The van der Waals surface area contributed by atoms with E-state index in [2.05, 4.69) is 10.4 Å². The third-order valence-electron chi connectivity index (χ3n) is 3.57. The second kappa shape index (κ2) is 5.54. The molecule has 0 aromatic carbocycles. The van der Waals surface area contributed by atoms with Crippen molar-refractivity contribution < 1.29 is 9.90 Å². The summed E-state index contributed by atoms with van der Waals surface area (Å²) < 4.78 is 0. The summed E-state index contributed by atoms with van der Waals surface area (Å²) in [6.45, 7) is 0.364. The summed E-state index contributed by atoms with van der Waals surface area (Å²) in [4.78, 5) is 17.8. The monoisotopic (exact) mass is 264 g/mol. The van der Waals surface area contributed by atoms with Gasteiger partial charge in [0, 0.05) is 19.8 Å². The lowest BCUT2D eigenvalue weighted by Gasteiger charge is -2.28. The maximum absolute atomic E-state index is 12.2. The Morgan fingerprint density at radius 1 is 1.53 bits per heavy atom. The van der Waals surface area contributed by atoms with Gasteiger partial charge >= 0.3 is 0 Å². The average molecular weight is 264 g/mol. The summed E-state index contributed by atoms with van der Waals surface area (Å²) in [6.07, 6.45) is 5.05. The zero-order valence-corrected chi connectivity index (χ0v) is 11.1. The first-order chi connectivity index (χ1) is 9.04. The van der Waals surface area contributed by atoms with Crippen LogP contribution in [0.2, 0.25) is 0 Å². The quantitative estimate of drug-likeness (QED) is 0.551. The number of aliphatic hydroxyl groups is 1. The highest BCUT2D eigenvalue weighted by atomic mass is 16.3. The Labute approximate surface area is 112 Å². The molecule has 6 heteroatoms. The number of hydrogen-bond donors (Lipinski definition) is 3. The molecule has 1 aromatic heterocycles. The number of aromatic nitrogens is 1. The van der Waals surface area contributed by atoms with Crippen molar-refractivity contribution in [2.24, 2.45) is 5.84 Å². The minimum absolute atomic E-state index is 0.142. The highest BCUT2D eigenvalue weighted by Gasteiger charge is 2.33. The van der Waals surface area contributed by atoms with Crippen LogP contribution in [0.15, 0.2) is 18.3 Å². The number of nitrogen functional groups attached to an aromatic ring is 1. The number of carbonyl (C=O) groups excluding carboxylic acids is 1. The van der Waals surface area contributed by atoms with Crippen molar-refractivity contribution in [3.8, 4) is 0 Å². The van der Waals surface area contributed by atoms with Gasteiger partial charge in [0.1, 0.15) is 5.82 Å². The smallest absolute Gasteiger partial charge is 0.255 e. The average Bonchev–Trinajstić information content (AvgIpc) is 2.84. The van der Waals surface area contributed by atoms with Crippen LogP contribution in [-0.2, 0) is 0 Å². The van der Waals surface area contributed by atoms with E-state index in [4.69, 9.17) is 5.84 Å². The van der Waals surface area contributed by atoms with Gasteiger partial charge in [0.2, 0.25) is 0 Å². The van der Waals surface area contributed by atoms with Crippen LogP contribution in [0.3, 0.4) is 0 Å². The number of anilines is 1. The van der Waals surface area contributed by atoms with Crippen LogP contribution in [0, 0.1) is 0 Å². The molecule has 6 nitrogen and oxygen atoms in total. The molecule has 4 N–H and O–H groups in total. The molecular formula is C13H20N4O2. The second-order valence-corrected chi connectivity index (χ2v) is 5.17. The van der Waals surface area contributed by atoms with Gasteiger partial charge in [-0.2, -0.15) is 0 Å². The molecule has 0 unspecified atom stereocenters. The zero-order valence-electron chi connectivity index (χ0n) is 11.1. The van der Waals surface area contributed by atoms with E-state index in [-0.39, 0.29) is 5.91 Å². The Morgan fingerprint density at radius 3 is 2.74 bits per heavy atom. The van der Waals surface area contributed by atoms with Gasteiger partial charge in [0.25, 0.3) is 5.91 Å². The standard InChI is InChI=1S/C13H20N4O2/c1-17(9-13(19)6-2-3-7-13)12(18)10-4-5-11(16-14)15-8-10/h4-5,8,19H,2-3,6-7,9,14H2,1H3,(H,15,16). The van der Waals surface area contributed by atoms with Gasteiger partial charge in [-0.25, -0.2) is 10.8 Å². The number of nitrogens with two attached hydrogens (primary N) is 1. The molecule has 0 aliphatic heterocycles. The summed E-state index contributed by atoms with van der Waals surface area (Å²) in [5.74, 6) is 5.59. The van der Waals surface area contributed by atoms with E-state index in [1.54, 1.807) is 24.1 Å². The number of likely N-dealkylation sites (N-methyl/N-ethyl adjacent to an activating group) is 1.